The van der Waals surface area contributed by atoms with E-state index in [0.29, 0.717) is 12.5 Å². The van der Waals surface area contributed by atoms with Crippen molar-refractivity contribution in [3.63, 3.8) is 0 Å². The van der Waals surface area contributed by atoms with Gasteiger partial charge in [-0.2, -0.15) is 0 Å². The van der Waals surface area contributed by atoms with Crippen LogP contribution in [0.3, 0.4) is 0 Å². The van der Waals surface area contributed by atoms with E-state index in [1.165, 1.54) is 19.3 Å². The second kappa shape index (κ2) is 9.42. The summed E-state index contributed by atoms with van der Waals surface area (Å²) in [4.78, 5) is 11.6. The third kappa shape index (κ3) is 7.34. The Hall–Kier alpha value is -0.610. The number of ether oxygens (including phenoxy) is 1. The van der Waals surface area contributed by atoms with Gasteiger partial charge in [0.2, 0.25) is 5.91 Å². The van der Waals surface area contributed by atoms with Gasteiger partial charge in [-0.05, 0) is 25.8 Å². The molecule has 0 aromatic rings. The van der Waals surface area contributed by atoms with E-state index in [-0.39, 0.29) is 5.91 Å². The molecule has 2 N–H and O–H groups in total. The fraction of sp³-hybridized carbons (Fsp3) is 0.923. The standard InChI is InChI=1S/C13H26N2O2/c1-17-11-5-9-14-10-8-13(16)15-12-6-3-2-4-7-12/h12,14H,2-11H2,1H3,(H,15,16). The smallest absolute Gasteiger partial charge is 0.221 e. The molecule has 0 radical (unpaired) electrons. The molecule has 4 heteroatoms. The van der Waals surface area contributed by atoms with Crippen LogP contribution in [0.5, 0.6) is 0 Å². The molecule has 100 valence electrons. The van der Waals surface area contributed by atoms with Crippen molar-refractivity contribution in [3.8, 4) is 0 Å². The highest BCUT2D eigenvalue weighted by molar-refractivity contribution is 5.76. The van der Waals surface area contributed by atoms with Gasteiger partial charge in [0.25, 0.3) is 0 Å². The molecule has 0 heterocycles. The van der Waals surface area contributed by atoms with Gasteiger partial charge < -0.3 is 15.4 Å². The Labute approximate surface area is 104 Å². The van der Waals surface area contributed by atoms with Crippen LogP contribution in [0.1, 0.15) is 44.9 Å². The highest BCUT2D eigenvalue weighted by Crippen LogP contribution is 2.17. The first kappa shape index (κ1) is 14.5. The van der Waals surface area contributed by atoms with Gasteiger partial charge in [0, 0.05) is 32.7 Å². The first-order valence-electron chi connectivity index (χ1n) is 6.82. The molecule has 1 aliphatic carbocycles. The largest absolute Gasteiger partial charge is 0.385 e. The highest BCUT2D eigenvalue weighted by Gasteiger charge is 2.14. The number of amides is 1. The minimum Gasteiger partial charge on any atom is -0.385 e. The molecule has 0 spiro atoms. The van der Waals surface area contributed by atoms with Gasteiger partial charge in [-0.1, -0.05) is 19.3 Å². The molecular weight excluding hydrogens is 216 g/mol. The van der Waals surface area contributed by atoms with E-state index < -0.39 is 0 Å². The summed E-state index contributed by atoms with van der Waals surface area (Å²) in [6.45, 7) is 2.47. The lowest BCUT2D eigenvalue weighted by molar-refractivity contribution is -0.121. The molecule has 4 nitrogen and oxygen atoms in total. The van der Waals surface area contributed by atoms with Crippen molar-refractivity contribution in [2.75, 3.05) is 26.8 Å². The van der Waals surface area contributed by atoms with Crippen LogP contribution in [0.2, 0.25) is 0 Å². The second-order valence-corrected chi connectivity index (χ2v) is 4.75. The zero-order valence-electron chi connectivity index (χ0n) is 11.0. The van der Waals surface area contributed by atoms with Crippen LogP contribution < -0.4 is 10.6 Å². The zero-order valence-corrected chi connectivity index (χ0v) is 11.0. The summed E-state index contributed by atoms with van der Waals surface area (Å²) in [5.41, 5.74) is 0. The Bertz CT molecular complexity index is 204. The lowest BCUT2D eigenvalue weighted by atomic mass is 9.95. The summed E-state index contributed by atoms with van der Waals surface area (Å²) in [7, 11) is 1.71. The summed E-state index contributed by atoms with van der Waals surface area (Å²) in [6.07, 6.45) is 7.76. The van der Waals surface area contributed by atoms with Gasteiger partial charge in [0.15, 0.2) is 0 Å². The Morgan fingerprint density at radius 3 is 2.71 bits per heavy atom. The summed E-state index contributed by atoms with van der Waals surface area (Å²) in [5, 5.41) is 6.36. The molecule has 1 aliphatic rings. The summed E-state index contributed by atoms with van der Waals surface area (Å²) in [5.74, 6) is 0.191. The van der Waals surface area contributed by atoms with E-state index in [4.69, 9.17) is 4.74 Å². The molecule has 1 fully saturated rings. The quantitative estimate of drug-likeness (QED) is 0.633. The van der Waals surface area contributed by atoms with Crippen LogP contribution in [0.4, 0.5) is 0 Å². The normalized spacial score (nSPS) is 17.0. The van der Waals surface area contributed by atoms with Crippen LogP contribution in [-0.4, -0.2) is 38.8 Å². The maximum atomic E-state index is 11.6. The number of carbonyl (C=O) groups is 1. The molecule has 1 amide bonds. The van der Waals surface area contributed by atoms with Crippen molar-refractivity contribution in [3.05, 3.63) is 0 Å². The lowest BCUT2D eigenvalue weighted by Gasteiger charge is -2.22. The Morgan fingerprint density at radius 2 is 2.00 bits per heavy atom. The molecule has 17 heavy (non-hydrogen) atoms. The SMILES string of the molecule is COCCCNCCC(=O)NC1CCCCC1. The van der Waals surface area contributed by atoms with Crippen LogP contribution >= 0.6 is 0 Å². The lowest BCUT2D eigenvalue weighted by Crippen LogP contribution is -2.37. The Balaban J connectivity index is 1.93. The molecule has 0 aromatic carbocycles. The average molecular weight is 242 g/mol. The van der Waals surface area contributed by atoms with E-state index in [1.807, 2.05) is 0 Å². The monoisotopic (exact) mass is 242 g/mol. The van der Waals surface area contributed by atoms with Crippen molar-refractivity contribution >= 4 is 5.91 Å². The molecule has 0 bridgehead atoms. The average Bonchev–Trinajstić information content (AvgIpc) is 2.35. The van der Waals surface area contributed by atoms with Crippen LogP contribution in [0, 0.1) is 0 Å². The number of carbonyl (C=O) groups excluding carboxylic acids is 1. The van der Waals surface area contributed by atoms with Gasteiger partial charge in [0.1, 0.15) is 0 Å². The fourth-order valence-electron chi connectivity index (χ4n) is 2.22. The maximum Gasteiger partial charge on any atom is 0.221 e. The highest BCUT2D eigenvalue weighted by atomic mass is 16.5. The molecule has 0 atom stereocenters. The first-order chi connectivity index (χ1) is 8.33. The number of nitrogens with one attached hydrogen (secondary N) is 2. The zero-order chi connectivity index (χ0) is 12.3. The van der Waals surface area contributed by atoms with E-state index >= 15 is 0 Å². The molecular formula is C13H26N2O2. The van der Waals surface area contributed by atoms with Gasteiger partial charge in [-0.3, -0.25) is 4.79 Å². The third-order valence-electron chi connectivity index (χ3n) is 3.20. The first-order valence-corrected chi connectivity index (χ1v) is 6.82. The number of hydrogen-bond donors (Lipinski definition) is 2. The predicted molar refractivity (Wildman–Crippen MR) is 69.0 cm³/mol. The Kier molecular flexibility index (Phi) is 8.01. The molecule has 0 unspecified atom stereocenters. The van der Waals surface area contributed by atoms with Gasteiger partial charge >= 0.3 is 0 Å². The van der Waals surface area contributed by atoms with E-state index in [1.54, 1.807) is 7.11 Å². The fourth-order valence-corrected chi connectivity index (χ4v) is 2.22. The van der Waals surface area contributed by atoms with E-state index in [0.717, 1.165) is 39.0 Å². The van der Waals surface area contributed by atoms with Crippen molar-refractivity contribution in [2.45, 2.75) is 51.0 Å². The van der Waals surface area contributed by atoms with Gasteiger partial charge in [0.05, 0.1) is 0 Å². The van der Waals surface area contributed by atoms with E-state index in [9.17, 15) is 4.79 Å². The van der Waals surface area contributed by atoms with Crippen LogP contribution in [-0.2, 0) is 9.53 Å². The molecule has 1 saturated carbocycles. The van der Waals surface area contributed by atoms with Crippen molar-refractivity contribution in [2.24, 2.45) is 0 Å². The summed E-state index contributed by atoms with van der Waals surface area (Å²) >= 11 is 0. The number of methoxy groups -OCH3 is 1. The minimum absolute atomic E-state index is 0.191. The summed E-state index contributed by atoms with van der Waals surface area (Å²) < 4.78 is 4.95. The Morgan fingerprint density at radius 1 is 1.24 bits per heavy atom. The minimum atomic E-state index is 0.191. The third-order valence-corrected chi connectivity index (χ3v) is 3.20. The van der Waals surface area contributed by atoms with Crippen molar-refractivity contribution in [1.82, 2.24) is 10.6 Å². The topological polar surface area (TPSA) is 50.4 Å². The van der Waals surface area contributed by atoms with Crippen LogP contribution in [0.15, 0.2) is 0 Å². The van der Waals surface area contributed by atoms with Crippen molar-refractivity contribution < 1.29 is 9.53 Å². The number of rotatable bonds is 8. The number of hydrogen-bond acceptors (Lipinski definition) is 3. The maximum absolute atomic E-state index is 11.6. The molecule has 0 aliphatic heterocycles. The predicted octanol–water partition coefficient (Wildman–Crippen LogP) is 1.45. The summed E-state index contributed by atoms with van der Waals surface area (Å²) in [6, 6.07) is 0.435. The van der Waals surface area contributed by atoms with Crippen molar-refractivity contribution in [1.29, 1.82) is 0 Å². The van der Waals surface area contributed by atoms with Gasteiger partial charge in [-0.25, -0.2) is 0 Å². The van der Waals surface area contributed by atoms with Crippen LogP contribution in [0.25, 0.3) is 0 Å². The van der Waals surface area contributed by atoms with E-state index in [2.05, 4.69) is 10.6 Å². The molecule has 1 rings (SSSR count). The van der Waals surface area contributed by atoms with Gasteiger partial charge in [-0.15, -0.1) is 0 Å². The second-order valence-electron chi connectivity index (χ2n) is 4.75. The molecule has 0 aromatic heterocycles. The molecule has 0 saturated heterocycles.